The molecule has 0 spiro atoms. The van der Waals surface area contributed by atoms with Gasteiger partial charge in [-0.05, 0) is 57.7 Å². The zero-order valence-corrected chi connectivity index (χ0v) is 14.3. The highest BCUT2D eigenvalue weighted by Gasteiger charge is 2.33. The molecule has 1 N–H and O–H groups in total. The first kappa shape index (κ1) is 17.3. The van der Waals surface area contributed by atoms with Gasteiger partial charge in [0.1, 0.15) is 5.75 Å². The first-order valence-electron chi connectivity index (χ1n) is 8.21. The standard InChI is InChI=1S/C18H26N2O3/c1-12-6-5-7-13(2)20(12)18(22)17(21)19-14(3)15-8-10-16(23-4)11-9-15/h8-14H,5-7H2,1-4H3,(H,19,21). The van der Waals surface area contributed by atoms with Crippen LogP contribution in [0.25, 0.3) is 0 Å². The fraction of sp³-hybridized carbons (Fsp3) is 0.556. The quantitative estimate of drug-likeness (QED) is 0.872. The van der Waals surface area contributed by atoms with Crippen LogP contribution in [0.2, 0.25) is 0 Å². The Kier molecular flexibility index (Phi) is 5.64. The average Bonchev–Trinajstić information content (AvgIpc) is 2.54. The van der Waals surface area contributed by atoms with E-state index >= 15 is 0 Å². The maximum Gasteiger partial charge on any atom is 0.312 e. The van der Waals surface area contributed by atoms with E-state index in [1.165, 1.54) is 0 Å². The average molecular weight is 318 g/mol. The van der Waals surface area contributed by atoms with Crippen molar-refractivity contribution in [1.82, 2.24) is 10.2 Å². The SMILES string of the molecule is COc1ccc(C(C)NC(=O)C(=O)N2C(C)CCCC2C)cc1. The number of likely N-dealkylation sites (tertiary alicyclic amines) is 1. The number of nitrogens with zero attached hydrogens (tertiary/aromatic N) is 1. The zero-order valence-electron chi connectivity index (χ0n) is 14.3. The van der Waals surface area contributed by atoms with Crippen LogP contribution in [0.1, 0.15) is 51.6 Å². The Balaban J connectivity index is 2.00. The molecule has 1 aliphatic rings. The third kappa shape index (κ3) is 4.03. The van der Waals surface area contributed by atoms with Gasteiger partial charge in [-0.3, -0.25) is 9.59 Å². The normalized spacial score (nSPS) is 22.3. The fourth-order valence-electron chi connectivity index (χ4n) is 3.17. The summed E-state index contributed by atoms with van der Waals surface area (Å²) in [5.74, 6) is -0.196. The van der Waals surface area contributed by atoms with Gasteiger partial charge in [0, 0.05) is 12.1 Å². The van der Waals surface area contributed by atoms with Crippen LogP contribution in [0.4, 0.5) is 0 Å². The molecule has 0 bridgehead atoms. The van der Waals surface area contributed by atoms with Gasteiger partial charge in [-0.25, -0.2) is 0 Å². The molecule has 23 heavy (non-hydrogen) atoms. The van der Waals surface area contributed by atoms with Crippen LogP contribution >= 0.6 is 0 Å². The first-order valence-corrected chi connectivity index (χ1v) is 8.21. The maximum atomic E-state index is 12.5. The molecule has 126 valence electrons. The molecule has 5 nitrogen and oxygen atoms in total. The number of piperidine rings is 1. The minimum Gasteiger partial charge on any atom is -0.497 e. The summed E-state index contributed by atoms with van der Waals surface area (Å²) in [6.07, 6.45) is 3.02. The van der Waals surface area contributed by atoms with Crippen LogP contribution < -0.4 is 10.1 Å². The highest BCUT2D eigenvalue weighted by Crippen LogP contribution is 2.23. The van der Waals surface area contributed by atoms with Crippen molar-refractivity contribution >= 4 is 11.8 Å². The number of methoxy groups -OCH3 is 1. The summed E-state index contributed by atoms with van der Waals surface area (Å²) in [6, 6.07) is 7.47. The lowest BCUT2D eigenvalue weighted by Crippen LogP contribution is -2.53. The number of benzene rings is 1. The van der Waals surface area contributed by atoms with Crippen molar-refractivity contribution in [3.8, 4) is 5.75 Å². The number of hydrogen-bond donors (Lipinski definition) is 1. The number of amides is 2. The Bertz CT molecular complexity index is 546. The van der Waals surface area contributed by atoms with Gasteiger partial charge in [-0.15, -0.1) is 0 Å². The van der Waals surface area contributed by atoms with Crippen molar-refractivity contribution in [2.75, 3.05) is 7.11 Å². The van der Waals surface area contributed by atoms with E-state index in [4.69, 9.17) is 4.74 Å². The molecule has 0 radical (unpaired) electrons. The molecule has 5 heteroatoms. The molecule has 0 saturated carbocycles. The van der Waals surface area contributed by atoms with Gasteiger partial charge >= 0.3 is 11.8 Å². The van der Waals surface area contributed by atoms with E-state index in [0.29, 0.717) is 0 Å². The largest absolute Gasteiger partial charge is 0.497 e. The molecular weight excluding hydrogens is 292 g/mol. The molecule has 1 fully saturated rings. The molecule has 0 aliphatic carbocycles. The number of hydrogen-bond acceptors (Lipinski definition) is 3. The summed E-state index contributed by atoms with van der Waals surface area (Å²) >= 11 is 0. The van der Waals surface area contributed by atoms with Crippen LogP contribution in [0.5, 0.6) is 5.75 Å². The molecule has 1 heterocycles. The minimum atomic E-state index is -0.533. The third-order valence-electron chi connectivity index (χ3n) is 4.59. The van der Waals surface area contributed by atoms with Crippen molar-refractivity contribution in [3.63, 3.8) is 0 Å². The highest BCUT2D eigenvalue weighted by molar-refractivity contribution is 6.35. The lowest BCUT2D eigenvalue weighted by Gasteiger charge is -2.38. The molecule has 3 atom stereocenters. The summed E-state index contributed by atoms with van der Waals surface area (Å²) in [7, 11) is 1.61. The molecule has 1 aromatic carbocycles. The van der Waals surface area contributed by atoms with E-state index in [0.717, 1.165) is 30.6 Å². The number of ether oxygens (including phenoxy) is 1. The van der Waals surface area contributed by atoms with Gasteiger partial charge in [0.2, 0.25) is 0 Å². The van der Waals surface area contributed by atoms with Gasteiger partial charge in [0.05, 0.1) is 13.2 Å². The monoisotopic (exact) mass is 318 g/mol. The summed E-state index contributed by atoms with van der Waals surface area (Å²) in [5, 5.41) is 2.80. The van der Waals surface area contributed by atoms with E-state index in [1.807, 2.05) is 45.0 Å². The van der Waals surface area contributed by atoms with Gasteiger partial charge in [-0.2, -0.15) is 0 Å². The Morgan fingerprint density at radius 1 is 1.17 bits per heavy atom. The van der Waals surface area contributed by atoms with Crippen molar-refractivity contribution < 1.29 is 14.3 Å². The molecule has 2 amide bonds. The van der Waals surface area contributed by atoms with E-state index in [2.05, 4.69) is 5.32 Å². The van der Waals surface area contributed by atoms with Crippen LogP contribution in [0.3, 0.4) is 0 Å². The van der Waals surface area contributed by atoms with Crippen molar-refractivity contribution in [3.05, 3.63) is 29.8 Å². The van der Waals surface area contributed by atoms with Crippen LogP contribution in [-0.2, 0) is 9.59 Å². The number of carbonyl (C=O) groups excluding carboxylic acids is 2. The molecule has 1 aliphatic heterocycles. The third-order valence-corrected chi connectivity index (χ3v) is 4.59. The lowest BCUT2D eigenvalue weighted by molar-refractivity contribution is -0.150. The van der Waals surface area contributed by atoms with Crippen LogP contribution in [0.15, 0.2) is 24.3 Å². The molecule has 3 unspecified atom stereocenters. The van der Waals surface area contributed by atoms with Crippen molar-refractivity contribution in [1.29, 1.82) is 0 Å². The fourth-order valence-corrected chi connectivity index (χ4v) is 3.17. The summed E-state index contributed by atoms with van der Waals surface area (Å²) in [6.45, 7) is 5.89. The number of rotatable bonds is 3. The second kappa shape index (κ2) is 7.49. The second-order valence-corrected chi connectivity index (χ2v) is 6.31. The van der Waals surface area contributed by atoms with Gasteiger partial charge in [-0.1, -0.05) is 12.1 Å². The predicted molar refractivity (Wildman–Crippen MR) is 89.2 cm³/mol. The Labute approximate surface area is 138 Å². The Morgan fingerprint density at radius 3 is 2.26 bits per heavy atom. The summed E-state index contributed by atoms with van der Waals surface area (Å²) in [5.41, 5.74) is 0.937. The van der Waals surface area contributed by atoms with Gasteiger partial charge in [0.15, 0.2) is 0 Å². The maximum absolute atomic E-state index is 12.5. The van der Waals surface area contributed by atoms with E-state index in [-0.39, 0.29) is 18.1 Å². The van der Waals surface area contributed by atoms with Crippen molar-refractivity contribution in [2.45, 2.75) is 58.2 Å². The Hall–Kier alpha value is -2.04. The minimum absolute atomic E-state index is 0.119. The second-order valence-electron chi connectivity index (χ2n) is 6.31. The Morgan fingerprint density at radius 2 is 1.74 bits per heavy atom. The zero-order chi connectivity index (χ0) is 17.0. The molecule has 1 aromatic rings. The van der Waals surface area contributed by atoms with Gasteiger partial charge in [0.25, 0.3) is 0 Å². The summed E-state index contributed by atoms with van der Waals surface area (Å²) in [4.78, 5) is 26.5. The van der Waals surface area contributed by atoms with Crippen LogP contribution in [0, 0.1) is 0 Å². The van der Waals surface area contributed by atoms with Gasteiger partial charge < -0.3 is 15.0 Å². The number of nitrogens with one attached hydrogen (secondary N) is 1. The topological polar surface area (TPSA) is 58.6 Å². The smallest absolute Gasteiger partial charge is 0.312 e. The van der Waals surface area contributed by atoms with E-state index < -0.39 is 11.8 Å². The molecule has 0 aromatic heterocycles. The lowest BCUT2D eigenvalue weighted by atomic mass is 9.97. The van der Waals surface area contributed by atoms with E-state index in [9.17, 15) is 9.59 Å². The highest BCUT2D eigenvalue weighted by atomic mass is 16.5. The van der Waals surface area contributed by atoms with Crippen LogP contribution in [-0.4, -0.2) is 35.9 Å². The molecule has 2 rings (SSSR count). The van der Waals surface area contributed by atoms with E-state index in [1.54, 1.807) is 12.0 Å². The molecular formula is C18H26N2O3. The summed E-state index contributed by atoms with van der Waals surface area (Å²) < 4.78 is 5.12. The predicted octanol–water partition coefficient (Wildman–Crippen LogP) is 2.66. The van der Waals surface area contributed by atoms with Crippen molar-refractivity contribution in [2.24, 2.45) is 0 Å². The first-order chi connectivity index (χ1) is 10.9. The molecule has 1 saturated heterocycles. The number of carbonyl (C=O) groups is 2.